The zero-order chi connectivity index (χ0) is 10.5. The highest BCUT2D eigenvalue weighted by Gasteiger charge is 2.22. The first-order valence-electron chi connectivity index (χ1n) is 4.61. The highest BCUT2D eigenvalue weighted by Crippen LogP contribution is 2.01. The molecule has 4 N–H and O–H groups in total. The van der Waals surface area contributed by atoms with Gasteiger partial charge in [-0.05, 0) is 20.3 Å². The Labute approximate surface area is 79.5 Å². The van der Waals surface area contributed by atoms with E-state index in [-0.39, 0.29) is 12.5 Å². The smallest absolute Gasteiger partial charge is 0.237 e. The Morgan fingerprint density at radius 1 is 1.62 bits per heavy atom. The molecule has 13 heavy (non-hydrogen) atoms. The Kier molecular flexibility index (Phi) is 4.95. The van der Waals surface area contributed by atoms with Gasteiger partial charge in [0.25, 0.3) is 0 Å². The summed E-state index contributed by atoms with van der Waals surface area (Å²) < 4.78 is 0. The molecule has 0 aliphatic heterocycles. The van der Waals surface area contributed by atoms with Gasteiger partial charge < -0.3 is 16.2 Å². The molecule has 0 heterocycles. The van der Waals surface area contributed by atoms with Gasteiger partial charge in [0.2, 0.25) is 5.91 Å². The molecule has 0 aromatic carbocycles. The van der Waals surface area contributed by atoms with Crippen LogP contribution < -0.4 is 11.1 Å². The summed E-state index contributed by atoms with van der Waals surface area (Å²) in [6, 6.07) is -0.462. The molecule has 0 aromatic heterocycles. The van der Waals surface area contributed by atoms with Crippen molar-refractivity contribution in [1.29, 1.82) is 0 Å². The third-order valence-corrected chi connectivity index (χ3v) is 1.79. The molecule has 0 saturated carbocycles. The fourth-order valence-corrected chi connectivity index (χ4v) is 0.908. The fourth-order valence-electron chi connectivity index (χ4n) is 0.908. The monoisotopic (exact) mass is 188 g/mol. The van der Waals surface area contributed by atoms with E-state index in [0.29, 0.717) is 6.42 Å². The molecular weight excluding hydrogens is 168 g/mol. The first-order chi connectivity index (χ1) is 5.93. The van der Waals surface area contributed by atoms with Crippen LogP contribution in [0.15, 0.2) is 0 Å². The average Bonchev–Trinajstić information content (AvgIpc) is 2.04. The van der Waals surface area contributed by atoms with Gasteiger partial charge >= 0.3 is 0 Å². The van der Waals surface area contributed by atoms with Crippen LogP contribution >= 0.6 is 0 Å². The van der Waals surface area contributed by atoms with E-state index in [9.17, 15) is 4.79 Å². The van der Waals surface area contributed by atoms with E-state index in [1.165, 1.54) is 0 Å². The van der Waals surface area contributed by atoms with Crippen molar-refractivity contribution in [2.75, 3.05) is 6.61 Å². The molecule has 0 saturated heterocycles. The van der Waals surface area contributed by atoms with Crippen LogP contribution in [0, 0.1) is 0 Å². The molecule has 4 heteroatoms. The number of carbonyl (C=O) groups excluding carboxylic acids is 1. The van der Waals surface area contributed by atoms with Gasteiger partial charge in [0.15, 0.2) is 0 Å². The lowest BCUT2D eigenvalue weighted by Crippen LogP contribution is -2.52. The van der Waals surface area contributed by atoms with E-state index >= 15 is 0 Å². The summed E-state index contributed by atoms with van der Waals surface area (Å²) in [5.41, 5.74) is 5.02. The molecule has 4 nitrogen and oxygen atoms in total. The van der Waals surface area contributed by atoms with Gasteiger partial charge in [0, 0.05) is 0 Å². The van der Waals surface area contributed by atoms with E-state index in [1.54, 1.807) is 13.8 Å². The lowest BCUT2D eigenvalue weighted by Gasteiger charge is -2.25. The van der Waals surface area contributed by atoms with E-state index < -0.39 is 11.6 Å². The lowest BCUT2D eigenvalue weighted by molar-refractivity contribution is -0.124. The summed E-state index contributed by atoms with van der Waals surface area (Å²) >= 11 is 0. The summed E-state index contributed by atoms with van der Waals surface area (Å²) in [7, 11) is 0. The van der Waals surface area contributed by atoms with Gasteiger partial charge in [-0.15, -0.1) is 0 Å². The van der Waals surface area contributed by atoms with Crippen LogP contribution in [-0.2, 0) is 4.79 Å². The standard InChI is InChI=1S/C9H20N2O2/c1-4-5-7(10)8(13)11-9(2,3)6-12/h7,12H,4-6,10H2,1-3H3,(H,11,13)/t7-/m1/s1. The van der Waals surface area contributed by atoms with Crippen molar-refractivity contribution in [3.63, 3.8) is 0 Å². The van der Waals surface area contributed by atoms with Gasteiger partial charge in [0.05, 0.1) is 18.2 Å². The van der Waals surface area contributed by atoms with Crippen LogP contribution in [-0.4, -0.2) is 29.2 Å². The van der Waals surface area contributed by atoms with Crippen molar-refractivity contribution >= 4 is 5.91 Å². The summed E-state index contributed by atoms with van der Waals surface area (Å²) in [6.45, 7) is 5.40. The molecule has 0 radical (unpaired) electrons. The van der Waals surface area contributed by atoms with Gasteiger partial charge in [-0.2, -0.15) is 0 Å². The number of amides is 1. The number of aliphatic hydroxyl groups excluding tert-OH is 1. The number of aliphatic hydroxyl groups is 1. The third-order valence-electron chi connectivity index (χ3n) is 1.79. The largest absolute Gasteiger partial charge is 0.394 e. The van der Waals surface area contributed by atoms with Crippen LogP contribution in [0.4, 0.5) is 0 Å². The molecule has 0 spiro atoms. The second-order valence-electron chi connectivity index (χ2n) is 3.93. The SMILES string of the molecule is CCC[C@@H](N)C(=O)NC(C)(C)CO. The molecule has 78 valence electrons. The van der Waals surface area contributed by atoms with Crippen LogP contribution in [0.5, 0.6) is 0 Å². The molecule has 0 rings (SSSR count). The summed E-state index contributed by atoms with van der Waals surface area (Å²) in [5.74, 6) is -0.194. The highest BCUT2D eigenvalue weighted by molar-refractivity contribution is 5.82. The maximum atomic E-state index is 11.4. The van der Waals surface area contributed by atoms with Gasteiger partial charge in [0.1, 0.15) is 0 Å². The number of rotatable bonds is 5. The minimum Gasteiger partial charge on any atom is -0.394 e. The number of carbonyl (C=O) groups is 1. The van der Waals surface area contributed by atoms with E-state index in [4.69, 9.17) is 10.8 Å². The van der Waals surface area contributed by atoms with Crippen LogP contribution in [0.2, 0.25) is 0 Å². The number of hydrogen-bond donors (Lipinski definition) is 3. The lowest BCUT2D eigenvalue weighted by atomic mass is 10.1. The Morgan fingerprint density at radius 2 is 2.15 bits per heavy atom. The predicted octanol–water partition coefficient (Wildman–Crippen LogP) is 0.000900. The van der Waals surface area contributed by atoms with Gasteiger partial charge in [-0.1, -0.05) is 13.3 Å². The first kappa shape index (κ1) is 12.4. The molecule has 0 aliphatic carbocycles. The molecule has 1 amide bonds. The van der Waals surface area contributed by atoms with E-state index in [1.807, 2.05) is 6.92 Å². The molecule has 1 atom stereocenters. The molecule has 0 bridgehead atoms. The van der Waals surface area contributed by atoms with Crippen molar-refractivity contribution in [2.45, 2.75) is 45.2 Å². The van der Waals surface area contributed by atoms with Crippen LogP contribution in [0.25, 0.3) is 0 Å². The Hall–Kier alpha value is -0.610. The minimum absolute atomic E-state index is 0.0857. The number of nitrogens with two attached hydrogens (primary N) is 1. The second-order valence-corrected chi connectivity index (χ2v) is 3.93. The zero-order valence-corrected chi connectivity index (χ0v) is 8.63. The number of hydrogen-bond acceptors (Lipinski definition) is 3. The first-order valence-corrected chi connectivity index (χ1v) is 4.61. The van der Waals surface area contributed by atoms with Crippen LogP contribution in [0.1, 0.15) is 33.6 Å². The normalized spacial score (nSPS) is 13.9. The Balaban J connectivity index is 3.99. The quantitative estimate of drug-likeness (QED) is 0.568. The van der Waals surface area contributed by atoms with E-state index in [0.717, 1.165) is 6.42 Å². The summed E-state index contributed by atoms with van der Waals surface area (Å²) in [4.78, 5) is 11.4. The molecule has 0 aliphatic rings. The third kappa shape index (κ3) is 4.85. The van der Waals surface area contributed by atoms with Crippen molar-refractivity contribution in [2.24, 2.45) is 5.73 Å². The van der Waals surface area contributed by atoms with Crippen molar-refractivity contribution in [3.05, 3.63) is 0 Å². The molecular formula is C9H20N2O2. The van der Waals surface area contributed by atoms with Crippen molar-refractivity contribution < 1.29 is 9.90 Å². The van der Waals surface area contributed by atoms with Crippen LogP contribution in [0.3, 0.4) is 0 Å². The second kappa shape index (κ2) is 5.19. The van der Waals surface area contributed by atoms with E-state index in [2.05, 4.69) is 5.32 Å². The van der Waals surface area contributed by atoms with Crippen molar-refractivity contribution in [1.82, 2.24) is 5.32 Å². The van der Waals surface area contributed by atoms with Gasteiger partial charge in [-0.25, -0.2) is 0 Å². The highest BCUT2D eigenvalue weighted by atomic mass is 16.3. The van der Waals surface area contributed by atoms with Crippen molar-refractivity contribution in [3.8, 4) is 0 Å². The Morgan fingerprint density at radius 3 is 2.54 bits per heavy atom. The summed E-state index contributed by atoms with van der Waals surface area (Å²) in [5, 5.41) is 11.6. The predicted molar refractivity (Wildman–Crippen MR) is 52.2 cm³/mol. The average molecular weight is 188 g/mol. The Bertz CT molecular complexity index is 169. The number of nitrogens with one attached hydrogen (secondary N) is 1. The fraction of sp³-hybridized carbons (Fsp3) is 0.889. The summed E-state index contributed by atoms with van der Waals surface area (Å²) in [6.07, 6.45) is 1.56. The minimum atomic E-state index is -0.581. The molecule has 0 unspecified atom stereocenters. The zero-order valence-electron chi connectivity index (χ0n) is 8.63. The topological polar surface area (TPSA) is 75.4 Å². The maximum absolute atomic E-state index is 11.4. The molecule has 0 fully saturated rings. The molecule has 0 aromatic rings. The van der Waals surface area contributed by atoms with Gasteiger partial charge in [-0.3, -0.25) is 4.79 Å². The maximum Gasteiger partial charge on any atom is 0.237 e.